The van der Waals surface area contributed by atoms with Gasteiger partial charge >= 0.3 is 0 Å². The van der Waals surface area contributed by atoms with Crippen LogP contribution < -0.4 is 4.74 Å². The number of ether oxygens (including phenoxy) is 1. The van der Waals surface area contributed by atoms with Crippen molar-refractivity contribution in [2.75, 3.05) is 19.3 Å². The molecule has 0 aliphatic carbocycles. The summed E-state index contributed by atoms with van der Waals surface area (Å²) >= 11 is 1.72. The van der Waals surface area contributed by atoms with Gasteiger partial charge in [0.15, 0.2) is 0 Å². The Morgan fingerprint density at radius 1 is 1.17 bits per heavy atom. The Labute approximate surface area is 175 Å². The first-order valence-electron chi connectivity index (χ1n) is 9.86. The third kappa shape index (κ3) is 5.00. The number of hydrogen-bond acceptors (Lipinski definition) is 5. The largest absolute Gasteiger partial charge is 0.490 e. The first kappa shape index (κ1) is 20.0. The lowest BCUT2D eigenvalue weighted by Crippen LogP contribution is -2.38. The maximum atomic E-state index is 13.3. The molecule has 152 valence electrons. The van der Waals surface area contributed by atoms with Crippen LogP contribution in [0.1, 0.15) is 24.3 Å². The second-order valence-electron chi connectivity index (χ2n) is 7.30. The maximum absolute atomic E-state index is 13.3. The molecule has 0 amide bonds. The minimum atomic E-state index is -0.264. The average molecular weight is 413 g/mol. The Morgan fingerprint density at radius 2 is 1.93 bits per heavy atom. The van der Waals surface area contributed by atoms with E-state index in [0.29, 0.717) is 11.6 Å². The van der Waals surface area contributed by atoms with Gasteiger partial charge in [-0.05, 0) is 62.4 Å². The van der Waals surface area contributed by atoms with Crippen LogP contribution in [0.3, 0.4) is 0 Å². The molecule has 0 spiro atoms. The molecule has 4 rings (SSSR count). The van der Waals surface area contributed by atoms with E-state index >= 15 is 0 Å². The van der Waals surface area contributed by atoms with Crippen LogP contribution in [-0.2, 0) is 6.54 Å². The fourth-order valence-electron chi connectivity index (χ4n) is 3.56. The second-order valence-corrected chi connectivity index (χ2v) is 8.18. The third-order valence-corrected chi connectivity index (χ3v) is 5.98. The van der Waals surface area contributed by atoms with Gasteiger partial charge in [0, 0.05) is 36.2 Å². The van der Waals surface area contributed by atoms with Gasteiger partial charge in [-0.3, -0.25) is 4.90 Å². The lowest BCUT2D eigenvalue weighted by Gasteiger charge is -2.31. The van der Waals surface area contributed by atoms with Gasteiger partial charge in [0.1, 0.15) is 23.4 Å². The number of hydrogen-bond donors (Lipinski definition) is 0. The van der Waals surface area contributed by atoms with E-state index in [0.717, 1.165) is 49.5 Å². The number of likely N-dealkylation sites (tertiary alicyclic amines) is 1. The Balaban J connectivity index is 1.34. The number of aryl methyl sites for hydroxylation is 1. The summed E-state index contributed by atoms with van der Waals surface area (Å²) in [5.74, 6) is 1.88. The van der Waals surface area contributed by atoms with Crippen molar-refractivity contribution in [1.29, 1.82) is 0 Å². The van der Waals surface area contributed by atoms with Crippen LogP contribution in [0.25, 0.3) is 11.5 Å². The van der Waals surface area contributed by atoms with Crippen molar-refractivity contribution in [3.8, 4) is 17.2 Å². The number of piperidine rings is 1. The third-order valence-electron chi connectivity index (χ3n) is 5.24. The predicted octanol–water partition coefficient (Wildman–Crippen LogP) is 5.55. The molecule has 1 aliphatic rings. The molecule has 0 unspecified atom stereocenters. The molecule has 0 saturated carbocycles. The Morgan fingerprint density at radius 3 is 2.62 bits per heavy atom. The number of benzene rings is 2. The highest BCUT2D eigenvalue weighted by Crippen LogP contribution is 2.26. The molecule has 0 N–H and O–H groups in total. The van der Waals surface area contributed by atoms with Gasteiger partial charge in [-0.25, -0.2) is 9.37 Å². The molecule has 29 heavy (non-hydrogen) atoms. The summed E-state index contributed by atoms with van der Waals surface area (Å²) < 4.78 is 25.2. The quantitative estimate of drug-likeness (QED) is 0.496. The normalized spacial score (nSPS) is 15.6. The van der Waals surface area contributed by atoms with E-state index in [9.17, 15) is 4.39 Å². The average Bonchev–Trinajstić information content (AvgIpc) is 3.10. The summed E-state index contributed by atoms with van der Waals surface area (Å²) in [5, 5.41) is 0. The SMILES string of the molecule is CSc1ccc(-c2nc(CN3CCC(Oc4cccc(F)c4)CC3)c(C)o2)cc1. The standard InChI is InChI=1S/C23H25FN2O2S/c1-16-22(25-23(27-16)17-6-8-21(29-2)9-7-17)15-26-12-10-19(11-13-26)28-20-5-3-4-18(24)14-20/h3-9,14,19H,10-13,15H2,1-2H3. The van der Waals surface area contributed by atoms with E-state index < -0.39 is 0 Å². The Kier molecular flexibility index (Phi) is 6.21. The van der Waals surface area contributed by atoms with E-state index in [2.05, 4.69) is 35.4 Å². The first-order chi connectivity index (χ1) is 14.1. The van der Waals surface area contributed by atoms with Gasteiger partial charge in [0.25, 0.3) is 0 Å². The van der Waals surface area contributed by atoms with Crippen molar-refractivity contribution in [3.63, 3.8) is 0 Å². The van der Waals surface area contributed by atoms with E-state index in [-0.39, 0.29) is 11.9 Å². The van der Waals surface area contributed by atoms with Crippen molar-refractivity contribution in [2.45, 2.75) is 37.3 Å². The fourth-order valence-corrected chi connectivity index (χ4v) is 3.97. The molecule has 1 aromatic heterocycles. The van der Waals surface area contributed by atoms with Crippen molar-refractivity contribution in [3.05, 3.63) is 65.8 Å². The molecule has 0 atom stereocenters. The zero-order chi connectivity index (χ0) is 20.2. The summed E-state index contributed by atoms with van der Waals surface area (Å²) in [7, 11) is 0. The lowest BCUT2D eigenvalue weighted by molar-refractivity contribution is 0.0957. The van der Waals surface area contributed by atoms with Crippen molar-refractivity contribution in [1.82, 2.24) is 9.88 Å². The smallest absolute Gasteiger partial charge is 0.226 e. The zero-order valence-electron chi connectivity index (χ0n) is 16.7. The second kappa shape index (κ2) is 9.01. The predicted molar refractivity (Wildman–Crippen MR) is 114 cm³/mol. The molecule has 4 nitrogen and oxygen atoms in total. The van der Waals surface area contributed by atoms with Crippen molar-refractivity contribution in [2.24, 2.45) is 0 Å². The maximum Gasteiger partial charge on any atom is 0.226 e. The highest BCUT2D eigenvalue weighted by molar-refractivity contribution is 7.98. The van der Waals surface area contributed by atoms with Crippen LogP contribution in [0.2, 0.25) is 0 Å². The zero-order valence-corrected chi connectivity index (χ0v) is 17.5. The van der Waals surface area contributed by atoms with Crippen LogP contribution in [0.5, 0.6) is 5.75 Å². The lowest BCUT2D eigenvalue weighted by atomic mass is 10.1. The summed E-state index contributed by atoms with van der Waals surface area (Å²) in [6.07, 6.45) is 4.01. The van der Waals surface area contributed by atoms with E-state index in [1.807, 2.05) is 13.0 Å². The van der Waals surface area contributed by atoms with Crippen LogP contribution in [-0.4, -0.2) is 35.3 Å². The highest BCUT2D eigenvalue weighted by Gasteiger charge is 2.23. The van der Waals surface area contributed by atoms with Gasteiger partial charge in [0.05, 0.1) is 5.69 Å². The number of halogens is 1. The molecular weight excluding hydrogens is 387 g/mol. The molecule has 6 heteroatoms. The molecule has 1 fully saturated rings. The van der Waals surface area contributed by atoms with Crippen LogP contribution >= 0.6 is 11.8 Å². The summed E-state index contributed by atoms with van der Waals surface area (Å²) in [5.41, 5.74) is 1.98. The van der Waals surface area contributed by atoms with Crippen LogP contribution in [0.15, 0.2) is 57.8 Å². The molecule has 1 aliphatic heterocycles. The van der Waals surface area contributed by atoms with Gasteiger partial charge in [-0.1, -0.05) is 6.07 Å². The minimum absolute atomic E-state index is 0.122. The number of nitrogens with zero attached hydrogens (tertiary/aromatic N) is 2. The molecule has 1 saturated heterocycles. The highest BCUT2D eigenvalue weighted by atomic mass is 32.2. The minimum Gasteiger partial charge on any atom is -0.490 e. The molecule has 0 bridgehead atoms. The Hall–Kier alpha value is -2.31. The number of rotatable bonds is 6. The van der Waals surface area contributed by atoms with Crippen LogP contribution in [0.4, 0.5) is 4.39 Å². The summed E-state index contributed by atoms with van der Waals surface area (Å²) in [6.45, 7) is 4.58. The fraction of sp³-hybridized carbons (Fsp3) is 0.348. The molecular formula is C23H25FN2O2S. The number of aromatic nitrogens is 1. The molecule has 0 radical (unpaired) electrons. The van der Waals surface area contributed by atoms with Gasteiger partial charge in [-0.2, -0.15) is 0 Å². The Bertz CT molecular complexity index is 950. The van der Waals surface area contributed by atoms with Gasteiger partial charge in [-0.15, -0.1) is 11.8 Å². The number of oxazole rings is 1. The van der Waals surface area contributed by atoms with E-state index in [4.69, 9.17) is 14.1 Å². The van der Waals surface area contributed by atoms with Gasteiger partial charge < -0.3 is 9.15 Å². The topological polar surface area (TPSA) is 38.5 Å². The molecule has 2 heterocycles. The summed E-state index contributed by atoms with van der Waals surface area (Å²) in [6, 6.07) is 14.6. The summed E-state index contributed by atoms with van der Waals surface area (Å²) in [4.78, 5) is 8.33. The van der Waals surface area contributed by atoms with Gasteiger partial charge in [0.2, 0.25) is 5.89 Å². The van der Waals surface area contributed by atoms with E-state index in [1.165, 1.54) is 17.0 Å². The van der Waals surface area contributed by atoms with Crippen molar-refractivity contribution < 1.29 is 13.5 Å². The molecule has 3 aromatic rings. The monoisotopic (exact) mass is 412 g/mol. The molecule has 2 aromatic carbocycles. The number of thioether (sulfide) groups is 1. The van der Waals surface area contributed by atoms with Crippen LogP contribution in [0, 0.1) is 12.7 Å². The van der Waals surface area contributed by atoms with Crippen molar-refractivity contribution >= 4 is 11.8 Å². The first-order valence-corrected chi connectivity index (χ1v) is 11.1. The van der Waals surface area contributed by atoms with E-state index in [1.54, 1.807) is 17.8 Å².